The monoisotopic (exact) mass is 350 g/mol. The number of nitrogens with two attached hydrogens (primary N) is 1. The van der Waals surface area contributed by atoms with Gasteiger partial charge in [0.05, 0.1) is 4.90 Å². The maximum atomic E-state index is 12.2. The lowest BCUT2D eigenvalue weighted by Crippen LogP contribution is -2.34. The molecule has 0 spiro atoms. The molecule has 0 saturated heterocycles. The van der Waals surface area contributed by atoms with E-state index in [-0.39, 0.29) is 23.5 Å². The first-order valence-corrected chi connectivity index (χ1v) is 8.11. The molecule has 1 aromatic carbocycles. The molecule has 0 radical (unpaired) electrons. The van der Waals surface area contributed by atoms with Crippen LogP contribution in [-0.2, 0) is 10.0 Å². The third-order valence-electron chi connectivity index (χ3n) is 2.77. The zero-order valence-corrected chi connectivity index (χ0v) is 13.4. The molecule has 0 unspecified atom stereocenters. The summed E-state index contributed by atoms with van der Waals surface area (Å²) in [7, 11) is -3.62. The summed E-state index contributed by atoms with van der Waals surface area (Å²) in [5, 5.41) is 8.93. The van der Waals surface area contributed by atoms with Crippen LogP contribution in [0.3, 0.4) is 0 Å². The fourth-order valence-electron chi connectivity index (χ4n) is 1.49. The molecular formula is C12H19BrN2O3S. The van der Waals surface area contributed by atoms with E-state index in [1.165, 1.54) is 6.07 Å². The Balaban J connectivity index is 2.90. The number of benzene rings is 1. The average molecular weight is 351 g/mol. The number of sulfonamides is 1. The van der Waals surface area contributed by atoms with Crippen LogP contribution in [0.25, 0.3) is 0 Å². The summed E-state index contributed by atoms with van der Waals surface area (Å²) in [6.07, 6.45) is 0.521. The molecule has 0 heterocycles. The highest BCUT2D eigenvalue weighted by atomic mass is 79.9. The minimum absolute atomic E-state index is 0.0245. The van der Waals surface area contributed by atoms with E-state index in [0.717, 1.165) is 0 Å². The summed E-state index contributed by atoms with van der Waals surface area (Å²) in [6.45, 7) is 4.05. The van der Waals surface area contributed by atoms with Gasteiger partial charge in [-0.05, 0) is 46.0 Å². The molecule has 0 aliphatic carbocycles. The third kappa shape index (κ3) is 4.76. The average Bonchev–Trinajstić information content (AvgIpc) is 2.30. The third-order valence-corrected chi connectivity index (χ3v) is 5.17. The van der Waals surface area contributed by atoms with Crippen LogP contribution in [0.5, 0.6) is 0 Å². The number of halogens is 1. The number of hydrogen-bond donors (Lipinski definition) is 3. The van der Waals surface area contributed by atoms with Gasteiger partial charge in [0.15, 0.2) is 0 Å². The second kappa shape index (κ2) is 6.21. The van der Waals surface area contributed by atoms with Crippen LogP contribution in [0.1, 0.15) is 20.3 Å². The molecule has 1 rings (SSSR count). The zero-order valence-electron chi connectivity index (χ0n) is 11.0. The first-order valence-electron chi connectivity index (χ1n) is 5.83. The molecule has 0 saturated carbocycles. The molecule has 0 aliphatic rings. The van der Waals surface area contributed by atoms with Crippen LogP contribution in [0.4, 0.5) is 5.69 Å². The Morgan fingerprint density at radius 3 is 2.63 bits per heavy atom. The van der Waals surface area contributed by atoms with Crippen molar-refractivity contribution in [1.29, 1.82) is 0 Å². The Labute approximate surface area is 122 Å². The Bertz CT molecular complexity index is 544. The molecule has 19 heavy (non-hydrogen) atoms. The normalized spacial score (nSPS) is 12.6. The SMILES string of the molecule is CC(C)(CCO)CNS(=O)(=O)c1cc(N)ccc1Br. The molecule has 5 nitrogen and oxygen atoms in total. The Morgan fingerprint density at radius 1 is 1.42 bits per heavy atom. The number of nitrogen functional groups attached to an aromatic ring is 1. The van der Waals surface area contributed by atoms with E-state index >= 15 is 0 Å². The summed E-state index contributed by atoms with van der Waals surface area (Å²) in [5.74, 6) is 0. The highest BCUT2D eigenvalue weighted by Crippen LogP contribution is 2.25. The van der Waals surface area contributed by atoms with Crippen LogP contribution in [0.2, 0.25) is 0 Å². The summed E-state index contributed by atoms with van der Waals surface area (Å²) < 4.78 is 27.4. The fourth-order valence-corrected chi connectivity index (χ4v) is 3.72. The Kier molecular flexibility index (Phi) is 5.37. The van der Waals surface area contributed by atoms with Crippen LogP contribution in [-0.4, -0.2) is 26.7 Å². The predicted molar refractivity (Wildman–Crippen MR) is 79.2 cm³/mol. The lowest BCUT2D eigenvalue weighted by Gasteiger charge is -2.24. The van der Waals surface area contributed by atoms with Crippen LogP contribution < -0.4 is 10.5 Å². The molecular weight excluding hydrogens is 332 g/mol. The molecule has 1 aromatic rings. The molecule has 4 N–H and O–H groups in total. The first kappa shape index (κ1) is 16.4. The van der Waals surface area contributed by atoms with Crippen molar-refractivity contribution >= 4 is 31.6 Å². The summed E-state index contributed by atoms with van der Waals surface area (Å²) >= 11 is 3.20. The number of anilines is 1. The van der Waals surface area contributed by atoms with Crippen molar-refractivity contribution in [2.75, 3.05) is 18.9 Å². The van der Waals surface area contributed by atoms with Gasteiger partial charge in [-0.25, -0.2) is 13.1 Å². The van der Waals surface area contributed by atoms with Gasteiger partial charge in [0, 0.05) is 23.3 Å². The van der Waals surface area contributed by atoms with Crippen molar-refractivity contribution in [3.8, 4) is 0 Å². The Hall–Kier alpha value is -0.630. The predicted octanol–water partition coefficient (Wildman–Crippen LogP) is 1.72. The van der Waals surface area contributed by atoms with Gasteiger partial charge in [0.25, 0.3) is 0 Å². The number of aliphatic hydroxyl groups is 1. The maximum Gasteiger partial charge on any atom is 0.241 e. The minimum Gasteiger partial charge on any atom is -0.399 e. The van der Waals surface area contributed by atoms with Gasteiger partial charge in [-0.1, -0.05) is 13.8 Å². The van der Waals surface area contributed by atoms with E-state index in [4.69, 9.17) is 10.8 Å². The van der Waals surface area contributed by atoms with E-state index in [9.17, 15) is 8.42 Å². The van der Waals surface area contributed by atoms with Crippen LogP contribution >= 0.6 is 15.9 Å². The second-order valence-electron chi connectivity index (χ2n) is 5.15. The number of rotatable bonds is 6. The molecule has 0 aliphatic heterocycles. The maximum absolute atomic E-state index is 12.2. The molecule has 0 amide bonds. The zero-order chi connectivity index (χ0) is 14.7. The molecule has 0 atom stereocenters. The van der Waals surface area contributed by atoms with Crippen molar-refractivity contribution in [2.45, 2.75) is 25.2 Å². The van der Waals surface area contributed by atoms with Crippen molar-refractivity contribution in [2.24, 2.45) is 5.41 Å². The molecule has 0 bridgehead atoms. The summed E-state index contributed by atoms with van der Waals surface area (Å²) in [6, 6.07) is 4.63. The highest BCUT2D eigenvalue weighted by molar-refractivity contribution is 9.10. The van der Waals surface area contributed by atoms with Crippen LogP contribution in [0.15, 0.2) is 27.6 Å². The second-order valence-corrected chi connectivity index (χ2v) is 7.74. The first-order chi connectivity index (χ1) is 8.68. The molecule has 0 fully saturated rings. The molecule has 7 heteroatoms. The van der Waals surface area contributed by atoms with E-state index < -0.39 is 10.0 Å². The molecule has 0 aromatic heterocycles. The van der Waals surface area contributed by atoms with E-state index in [0.29, 0.717) is 16.6 Å². The van der Waals surface area contributed by atoms with E-state index in [2.05, 4.69) is 20.7 Å². The van der Waals surface area contributed by atoms with E-state index in [1.807, 2.05) is 13.8 Å². The quantitative estimate of drug-likeness (QED) is 0.681. The van der Waals surface area contributed by atoms with Gasteiger partial charge in [-0.3, -0.25) is 0 Å². The van der Waals surface area contributed by atoms with Crippen molar-refractivity contribution in [3.63, 3.8) is 0 Å². The molecule has 108 valence electrons. The van der Waals surface area contributed by atoms with E-state index in [1.54, 1.807) is 12.1 Å². The van der Waals surface area contributed by atoms with Crippen molar-refractivity contribution < 1.29 is 13.5 Å². The fraction of sp³-hybridized carbons (Fsp3) is 0.500. The summed E-state index contributed by atoms with van der Waals surface area (Å²) in [5.41, 5.74) is 5.68. The van der Waals surface area contributed by atoms with Crippen molar-refractivity contribution in [3.05, 3.63) is 22.7 Å². The topological polar surface area (TPSA) is 92.4 Å². The van der Waals surface area contributed by atoms with Gasteiger partial charge in [-0.15, -0.1) is 0 Å². The lowest BCUT2D eigenvalue weighted by molar-refractivity contribution is 0.213. The van der Waals surface area contributed by atoms with Gasteiger partial charge in [0.1, 0.15) is 0 Å². The Morgan fingerprint density at radius 2 is 2.05 bits per heavy atom. The minimum atomic E-state index is -3.62. The number of nitrogens with one attached hydrogen (secondary N) is 1. The summed E-state index contributed by atoms with van der Waals surface area (Å²) in [4.78, 5) is 0.118. The highest BCUT2D eigenvalue weighted by Gasteiger charge is 2.23. The van der Waals surface area contributed by atoms with Crippen molar-refractivity contribution in [1.82, 2.24) is 4.72 Å². The van der Waals surface area contributed by atoms with Crippen LogP contribution in [0, 0.1) is 5.41 Å². The largest absolute Gasteiger partial charge is 0.399 e. The van der Waals surface area contributed by atoms with Gasteiger partial charge >= 0.3 is 0 Å². The van der Waals surface area contributed by atoms with Gasteiger partial charge < -0.3 is 10.8 Å². The number of hydrogen-bond acceptors (Lipinski definition) is 4. The number of aliphatic hydroxyl groups excluding tert-OH is 1. The van der Waals surface area contributed by atoms with Gasteiger partial charge in [0.2, 0.25) is 10.0 Å². The standard InChI is InChI=1S/C12H19BrN2O3S/c1-12(2,5-6-16)8-15-19(17,18)11-7-9(14)3-4-10(11)13/h3-4,7,15-16H,5-6,8,14H2,1-2H3. The lowest BCUT2D eigenvalue weighted by atomic mass is 9.90. The van der Waals surface area contributed by atoms with Gasteiger partial charge in [-0.2, -0.15) is 0 Å². The smallest absolute Gasteiger partial charge is 0.241 e.